The predicted molar refractivity (Wildman–Crippen MR) is 93.7 cm³/mol. The van der Waals surface area contributed by atoms with Gasteiger partial charge in [0.1, 0.15) is 5.69 Å². The van der Waals surface area contributed by atoms with Gasteiger partial charge in [0.25, 0.3) is 0 Å². The van der Waals surface area contributed by atoms with E-state index in [1.807, 2.05) is 0 Å². The Labute approximate surface area is 142 Å². The average Bonchev–Trinajstić information content (AvgIpc) is 2.98. The number of carbonyl (C=O) groups is 1. The first-order valence-electron chi connectivity index (χ1n) is 7.76. The number of nitrogens with two attached hydrogens (primary N) is 1. The van der Waals surface area contributed by atoms with Crippen LogP contribution in [0.25, 0.3) is 10.9 Å². The molecule has 0 saturated carbocycles. The van der Waals surface area contributed by atoms with E-state index in [-0.39, 0.29) is 11.4 Å². The molecular formula is C18H25N3O3. The van der Waals surface area contributed by atoms with Gasteiger partial charge in [0.05, 0.1) is 24.8 Å². The number of aromatic nitrogens is 1. The summed E-state index contributed by atoms with van der Waals surface area (Å²) >= 11 is 0. The number of nitriles is 1. The number of methoxy groups -OCH3 is 1. The molecule has 130 valence electrons. The first-order chi connectivity index (χ1) is 11.4. The summed E-state index contributed by atoms with van der Waals surface area (Å²) < 4.78 is 9.80. The Kier molecular flexibility index (Phi) is 7.43. The van der Waals surface area contributed by atoms with Crippen LogP contribution < -0.4 is 5.73 Å². The highest BCUT2D eigenvalue weighted by Crippen LogP contribution is 2.17. The third-order valence-electron chi connectivity index (χ3n) is 3.33. The molecule has 0 spiro atoms. The van der Waals surface area contributed by atoms with Crippen LogP contribution in [0.4, 0.5) is 0 Å². The standard InChI is InChI=1S/C12H10N2O2.C6H15NO/c1-2-16-12(15)11-6-9-5-8(7-13)3-4-10(9)14-11;1-6(2,4-7)5-8-3/h3-6,14H,2H2,1H3;4-5,7H2,1-3H3. The van der Waals surface area contributed by atoms with Crippen LogP contribution in [0.5, 0.6) is 0 Å². The van der Waals surface area contributed by atoms with Crippen LogP contribution in [0.15, 0.2) is 24.3 Å². The van der Waals surface area contributed by atoms with Crippen molar-refractivity contribution in [1.29, 1.82) is 5.26 Å². The molecule has 0 atom stereocenters. The second-order valence-electron chi connectivity index (χ2n) is 6.12. The number of H-pyrrole nitrogens is 1. The minimum absolute atomic E-state index is 0.148. The van der Waals surface area contributed by atoms with E-state index < -0.39 is 0 Å². The van der Waals surface area contributed by atoms with Gasteiger partial charge in [-0.2, -0.15) is 5.26 Å². The van der Waals surface area contributed by atoms with Crippen molar-refractivity contribution in [2.45, 2.75) is 20.8 Å². The fourth-order valence-corrected chi connectivity index (χ4v) is 1.97. The molecule has 2 rings (SSSR count). The van der Waals surface area contributed by atoms with Crippen molar-refractivity contribution in [2.75, 3.05) is 26.9 Å². The molecule has 2 aromatic rings. The molecule has 1 heterocycles. The molecule has 0 aliphatic carbocycles. The van der Waals surface area contributed by atoms with Crippen molar-refractivity contribution in [1.82, 2.24) is 4.98 Å². The number of nitrogens with zero attached hydrogens (tertiary/aromatic N) is 1. The van der Waals surface area contributed by atoms with Crippen molar-refractivity contribution in [3.63, 3.8) is 0 Å². The smallest absolute Gasteiger partial charge is 0.354 e. The Hall–Kier alpha value is -2.36. The summed E-state index contributed by atoms with van der Waals surface area (Å²) in [6.07, 6.45) is 0. The molecule has 6 heteroatoms. The van der Waals surface area contributed by atoms with Crippen LogP contribution in [0.1, 0.15) is 36.8 Å². The van der Waals surface area contributed by atoms with Gasteiger partial charge in [0.15, 0.2) is 0 Å². The minimum Gasteiger partial charge on any atom is -0.461 e. The first kappa shape index (κ1) is 19.7. The van der Waals surface area contributed by atoms with Crippen LogP contribution in [-0.4, -0.2) is 37.8 Å². The van der Waals surface area contributed by atoms with Gasteiger partial charge >= 0.3 is 5.97 Å². The van der Waals surface area contributed by atoms with Gasteiger partial charge in [-0.1, -0.05) is 13.8 Å². The number of hydrogen-bond donors (Lipinski definition) is 2. The third-order valence-corrected chi connectivity index (χ3v) is 3.33. The Morgan fingerprint density at radius 2 is 2.08 bits per heavy atom. The number of hydrogen-bond acceptors (Lipinski definition) is 5. The summed E-state index contributed by atoms with van der Waals surface area (Å²) in [5.41, 5.74) is 7.36. The third kappa shape index (κ3) is 5.69. The lowest BCUT2D eigenvalue weighted by Crippen LogP contribution is -2.28. The number of nitrogens with one attached hydrogen (secondary N) is 1. The van der Waals surface area contributed by atoms with E-state index in [1.54, 1.807) is 38.3 Å². The molecule has 0 saturated heterocycles. The second-order valence-corrected chi connectivity index (χ2v) is 6.12. The van der Waals surface area contributed by atoms with Gasteiger partial charge in [-0.15, -0.1) is 0 Å². The molecule has 0 radical (unpaired) electrons. The number of esters is 1. The van der Waals surface area contributed by atoms with Crippen LogP contribution >= 0.6 is 0 Å². The topological polar surface area (TPSA) is 101 Å². The Bertz CT molecular complexity index is 714. The van der Waals surface area contributed by atoms with E-state index >= 15 is 0 Å². The van der Waals surface area contributed by atoms with E-state index in [1.165, 1.54) is 0 Å². The highest BCUT2D eigenvalue weighted by Gasteiger charge is 2.13. The van der Waals surface area contributed by atoms with E-state index in [4.69, 9.17) is 20.5 Å². The zero-order chi connectivity index (χ0) is 18.2. The molecule has 0 fully saturated rings. The van der Waals surface area contributed by atoms with E-state index in [9.17, 15) is 4.79 Å². The van der Waals surface area contributed by atoms with Gasteiger partial charge in [0, 0.05) is 23.4 Å². The quantitative estimate of drug-likeness (QED) is 0.820. The lowest BCUT2D eigenvalue weighted by molar-refractivity contribution is 0.0520. The summed E-state index contributed by atoms with van der Waals surface area (Å²) in [6, 6.07) is 8.95. The Morgan fingerprint density at radius 3 is 2.58 bits per heavy atom. The molecule has 3 N–H and O–H groups in total. The van der Waals surface area contributed by atoms with Crippen molar-refractivity contribution in [3.05, 3.63) is 35.5 Å². The molecule has 24 heavy (non-hydrogen) atoms. The number of aromatic amines is 1. The second kappa shape index (κ2) is 9.06. The van der Waals surface area contributed by atoms with E-state index in [0.717, 1.165) is 17.5 Å². The lowest BCUT2D eigenvalue weighted by atomic mass is 9.96. The molecule has 0 aliphatic rings. The molecular weight excluding hydrogens is 306 g/mol. The largest absolute Gasteiger partial charge is 0.461 e. The van der Waals surface area contributed by atoms with Gasteiger partial charge in [-0.05, 0) is 37.7 Å². The van der Waals surface area contributed by atoms with E-state index in [2.05, 4.69) is 24.9 Å². The average molecular weight is 331 g/mol. The molecule has 1 aromatic heterocycles. The minimum atomic E-state index is -0.378. The van der Waals surface area contributed by atoms with Gasteiger partial charge in [-0.3, -0.25) is 0 Å². The maximum Gasteiger partial charge on any atom is 0.354 e. The van der Waals surface area contributed by atoms with Crippen LogP contribution in [0.3, 0.4) is 0 Å². The zero-order valence-electron chi connectivity index (χ0n) is 14.7. The normalized spacial score (nSPS) is 10.7. The molecule has 1 aromatic carbocycles. The molecule has 0 bridgehead atoms. The summed E-state index contributed by atoms with van der Waals surface area (Å²) in [5, 5.41) is 9.58. The van der Waals surface area contributed by atoms with Gasteiger partial charge in [-0.25, -0.2) is 4.79 Å². The summed E-state index contributed by atoms with van der Waals surface area (Å²) in [5.74, 6) is -0.378. The van der Waals surface area contributed by atoms with Crippen molar-refractivity contribution in [2.24, 2.45) is 11.1 Å². The fourth-order valence-electron chi connectivity index (χ4n) is 1.97. The summed E-state index contributed by atoms with van der Waals surface area (Å²) in [7, 11) is 1.69. The van der Waals surface area contributed by atoms with Crippen molar-refractivity contribution >= 4 is 16.9 Å². The lowest BCUT2D eigenvalue weighted by Gasteiger charge is -2.20. The molecule has 0 unspecified atom stereocenters. The summed E-state index contributed by atoms with van der Waals surface area (Å²) in [4.78, 5) is 14.4. The highest BCUT2D eigenvalue weighted by atomic mass is 16.5. The van der Waals surface area contributed by atoms with Gasteiger partial charge in [0.2, 0.25) is 0 Å². The molecule has 6 nitrogen and oxygen atoms in total. The van der Waals surface area contributed by atoms with Crippen LogP contribution in [0, 0.1) is 16.7 Å². The number of benzene rings is 1. The maximum absolute atomic E-state index is 11.5. The van der Waals surface area contributed by atoms with Crippen molar-refractivity contribution in [3.8, 4) is 6.07 Å². The molecule has 0 amide bonds. The van der Waals surface area contributed by atoms with Crippen LogP contribution in [-0.2, 0) is 9.47 Å². The summed E-state index contributed by atoms with van der Waals surface area (Å²) in [6.45, 7) is 7.68. The monoisotopic (exact) mass is 331 g/mol. The van der Waals surface area contributed by atoms with Gasteiger partial charge < -0.3 is 20.2 Å². The van der Waals surface area contributed by atoms with Crippen LogP contribution in [0.2, 0.25) is 0 Å². The SMILES string of the molecule is CCOC(=O)c1cc2cc(C#N)ccc2[nH]1.COCC(C)(C)CN. The Morgan fingerprint density at radius 1 is 1.38 bits per heavy atom. The number of fused-ring (bicyclic) bond motifs is 1. The number of ether oxygens (including phenoxy) is 2. The number of rotatable bonds is 5. The Balaban J connectivity index is 0.000000307. The number of carbonyl (C=O) groups excluding carboxylic acids is 1. The zero-order valence-corrected chi connectivity index (χ0v) is 14.7. The maximum atomic E-state index is 11.5. The fraction of sp³-hybridized carbons (Fsp3) is 0.444. The predicted octanol–water partition coefficient (Wildman–Crippen LogP) is 2.83. The highest BCUT2D eigenvalue weighted by molar-refractivity contribution is 5.95. The molecule has 0 aliphatic heterocycles. The van der Waals surface area contributed by atoms with E-state index in [0.29, 0.717) is 24.4 Å². The first-order valence-corrected chi connectivity index (χ1v) is 7.76. The van der Waals surface area contributed by atoms with Crippen molar-refractivity contribution < 1.29 is 14.3 Å².